The van der Waals surface area contributed by atoms with E-state index in [1.54, 1.807) is 0 Å². The Hall–Kier alpha value is -1.19. The van der Waals surface area contributed by atoms with Crippen molar-refractivity contribution >= 4 is 17.5 Å². The van der Waals surface area contributed by atoms with E-state index in [9.17, 15) is 4.79 Å². The number of hydrogen-bond acceptors (Lipinski definition) is 2. The van der Waals surface area contributed by atoms with Gasteiger partial charge in [0.1, 0.15) is 0 Å². The normalized spacial score (nSPS) is 25.1. The molecule has 0 radical (unpaired) electrons. The maximum Gasteiger partial charge on any atom is 0.270 e. The molecule has 0 bridgehead atoms. The van der Waals surface area contributed by atoms with Gasteiger partial charge in [-0.3, -0.25) is 4.79 Å². The molecule has 0 saturated carbocycles. The molecule has 1 aromatic carbocycles. The van der Waals surface area contributed by atoms with Crippen LogP contribution in [-0.4, -0.2) is 29.9 Å². The van der Waals surface area contributed by atoms with Gasteiger partial charge in [-0.05, 0) is 31.5 Å². The molecule has 2 rings (SSSR count). The molecule has 0 aromatic heterocycles. The molecule has 3 nitrogen and oxygen atoms in total. The van der Waals surface area contributed by atoms with Crippen molar-refractivity contribution in [2.24, 2.45) is 5.92 Å². The minimum Gasteiger partial charge on any atom is -0.333 e. The third kappa shape index (κ3) is 3.23. The molecule has 1 aliphatic rings. The van der Waals surface area contributed by atoms with E-state index in [0.717, 1.165) is 17.1 Å². The zero-order valence-electron chi connectivity index (χ0n) is 11.4. The molecule has 19 heavy (non-hydrogen) atoms. The predicted molar refractivity (Wildman–Crippen MR) is 77.9 cm³/mol. The van der Waals surface area contributed by atoms with Crippen molar-refractivity contribution in [1.29, 1.82) is 0 Å². The summed E-state index contributed by atoms with van der Waals surface area (Å²) >= 11 is 6.02. The third-order valence-corrected chi connectivity index (χ3v) is 3.76. The summed E-state index contributed by atoms with van der Waals surface area (Å²) in [5, 5.41) is 4.19. The molecule has 102 valence electrons. The molecule has 2 unspecified atom stereocenters. The number of carbonyl (C=O) groups is 1. The van der Waals surface area contributed by atoms with Crippen LogP contribution in [0.2, 0.25) is 5.02 Å². The lowest BCUT2D eigenvalue weighted by Gasteiger charge is -2.39. The van der Waals surface area contributed by atoms with Gasteiger partial charge >= 0.3 is 0 Å². The van der Waals surface area contributed by atoms with Crippen molar-refractivity contribution in [3.05, 3.63) is 41.8 Å². The molecule has 1 saturated heterocycles. The van der Waals surface area contributed by atoms with Crippen molar-refractivity contribution in [1.82, 2.24) is 10.2 Å². The second-order valence-electron chi connectivity index (χ2n) is 5.26. The summed E-state index contributed by atoms with van der Waals surface area (Å²) in [4.78, 5) is 14.1. The Morgan fingerprint density at radius 1 is 1.58 bits per heavy atom. The molecular formula is C15H20ClN2O+. The van der Waals surface area contributed by atoms with Crippen molar-refractivity contribution < 1.29 is 4.79 Å². The molecule has 0 spiro atoms. The Morgan fingerprint density at radius 3 is 2.95 bits per heavy atom. The van der Waals surface area contributed by atoms with E-state index in [2.05, 4.69) is 19.2 Å². The summed E-state index contributed by atoms with van der Waals surface area (Å²) in [6.45, 7) is 9.18. The highest BCUT2D eigenvalue weighted by Gasteiger charge is 2.32. The van der Waals surface area contributed by atoms with E-state index < -0.39 is 0 Å². The van der Waals surface area contributed by atoms with Gasteiger partial charge in [0.15, 0.2) is 5.92 Å². The molecule has 1 fully saturated rings. The van der Waals surface area contributed by atoms with Crippen molar-refractivity contribution in [3.63, 3.8) is 0 Å². The fourth-order valence-electron chi connectivity index (χ4n) is 2.40. The summed E-state index contributed by atoms with van der Waals surface area (Å²) in [7, 11) is 0. The van der Waals surface area contributed by atoms with Gasteiger partial charge in [0.2, 0.25) is 0 Å². The number of piperazine rings is 1. The average molecular weight is 280 g/mol. The largest absolute Gasteiger partial charge is 0.333 e. The van der Waals surface area contributed by atoms with Gasteiger partial charge in [0.25, 0.3) is 5.91 Å². The van der Waals surface area contributed by atoms with Crippen LogP contribution in [0.15, 0.2) is 24.3 Å². The smallest absolute Gasteiger partial charge is 0.270 e. The molecule has 4 heteroatoms. The number of benzene rings is 1. The number of halogens is 1. The van der Waals surface area contributed by atoms with Gasteiger partial charge < -0.3 is 10.2 Å². The second kappa shape index (κ2) is 5.85. The van der Waals surface area contributed by atoms with E-state index in [-0.39, 0.29) is 23.9 Å². The Balaban J connectivity index is 2.15. The van der Waals surface area contributed by atoms with Gasteiger partial charge in [-0.15, -0.1) is 0 Å². The Morgan fingerprint density at radius 2 is 2.32 bits per heavy atom. The number of amides is 1. The van der Waals surface area contributed by atoms with Crippen LogP contribution in [0, 0.1) is 12.8 Å². The van der Waals surface area contributed by atoms with E-state index in [4.69, 9.17) is 11.6 Å². The molecular weight excluding hydrogens is 260 g/mol. The molecule has 1 N–H and O–H groups in total. The Kier molecular flexibility index (Phi) is 4.38. The lowest BCUT2D eigenvalue weighted by Crippen LogP contribution is -2.54. The molecule has 1 heterocycles. The van der Waals surface area contributed by atoms with Crippen molar-refractivity contribution in [3.8, 4) is 0 Å². The summed E-state index contributed by atoms with van der Waals surface area (Å²) in [5.41, 5.74) is 1.12. The number of rotatable bonds is 2. The predicted octanol–water partition coefficient (Wildman–Crippen LogP) is 2.67. The maximum absolute atomic E-state index is 12.2. The average Bonchev–Trinajstić information content (AvgIpc) is 2.38. The Labute approximate surface area is 119 Å². The van der Waals surface area contributed by atoms with Gasteiger partial charge in [0, 0.05) is 24.2 Å². The van der Waals surface area contributed by atoms with Crippen LogP contribution in [0.25, 0.3) is 0 Å². The van der Waals surface area contributed by atoms with Crippen LogP contribution in [0.3, 0.4) is 0 Å². The third-order valence-electron chi connectivity index (χ3n) is 3.53. The number of nitrogens with one attached hydrogen (secondary N) is 1. The first kappa shape index (κ1) is 14.2. The lowest BCUT2D eigenvalue weighted by molar-refractivity contribution is -0.137. The molecule has 1 aliphatic heterocycles. The highest BCUT2D eigenvalue weighted by Crippen LogP contribution is 2.23. The zero-order chi connectivity index (χ0) is 14.0. The Bertz CT molecular complexity index is 461. The fraction of sp³-hybridized carbons (Fsp3) is 0.467. The van der Waals surface area contributed by atoms with Gasteiger partial charge in [0.05, 0.1) is 13.0 Å². The van der Waals surface area contributed by atoms with Crippen molar-refractivity contribution in [2.75, 3.05) is 13.1 Å². The molecule has 1 amide bonds. The van der Waals surface area contributed by atoms with Crippen LogP contribution in [0.1, 0.15) is 25.5 Å². The van der Waals surface area contributed by atoms with Gasteiger partial charge in [-0.25, -0.2) is 0 Å². The topological polar surface area (TPSA) is 32.3 Å². The number of nitrogens with zero attached hydrogens (tertiary/aromatic N) is 1. The van der Waals surface area contributed by atoms with E-state index >= 15 is 0 Å². The quantitative estimate of drug-likeness (QED) is 0.844. The first-order chi connectivity index (χ1) is 8.99. The number of hydrogen-bond donors (Lipinski definition) is 1. The van der Waals surface area contributed by atoms with Crippen LogP contribution >= 0.6 is 11.6 Å². The fourth-order valence-corrected chi connectivity index (χ4v) is 2.60. The molecule has 3 atom stereocenters. The van der Waals surface area contributed by atoms with E-state index in [1.165, 1.54) is 0 Å². The van der Waals surface area contributed by atoms with Crippen LogP contribution in [0.4, 0.5) is 0 Å². The van der Waals surface area contributed by atoms with Crippen LogP contribution in [0.5, 0.6) is 0 Å². The summed E-state index contributed by atoms with van der Waals surface area (Å²) in [5.74, 6) is -0.0958. The lowest BCUT2D eigenvalue weighted by atomic mass is 10.0. The molecule has 0 aliphatic carbocycles. The highest BCUT2D eigenvalue weighted by molar-refractivity contribution is 6.30. The van der Waals surface area contributed by atoms with Gasteiger partial charge in [-0.1, -0.05) is 23.7 Å². The van der Waals surface area contributed by atoms with Crippen LogP contribution in [-0.2, 0) is 4.79 Å². The first-order valence-corrected chi connectivity index (χ1v) is 6.99. The highest BCUT2D eigenvalue weighted by atomic mass is 35.5. The standard InChI is InChI=1S/C15H20ClN2O/c1-10(2)15(19)18-9-14(17-8-11(18)3)12-5-4-6-13(16)7-12/h4-7,10-11,14,17H,1,8-9H2,2-3H3/q+1/t10?,11-,14?/m1/s1. The van der Waals surface area contributed by atoms with E-state index in [1.807, 2.05) is 36.1 Å². The monoisotopic (exact) mass is 279 g/mol. The second-order valence-corrected chi connectivity index (χ2v) is 5.69. The summed E-state index contributed by atoms with van der Waals surface area (Å²) in [6.07, 6.45) is 0. The minimum atomic E-state index is -0.208. The maximum atomic E-state index is 12.2. The van der Waals surface area contributed by atoms with Crippen molar-refractivity contribution in [2.45, 2.75) is 25.9 Å². The van der Waals surface area contributed by atoms with Gasteiger partial charge in [-0.2, -0.15) is 0 Å². The summed E-state index contributed by atoms with van der Waals surface area (Å²) < 4.78 is 0. The zero-order valence-corrected chi connectivity index (χ0v) is 12.2. The number of carbonyl (C=O) groups excluding carboxylic acids is 1. The SMILES string of the molecule is [CH2+]C(C)C(=O)N1CC(c2cccc(Cl)c2)NC[C@H]1C. The molecule has 1 aromatic rings. The minimum absolute atomic E-state index is 0.112. The first-order valence-electron chi connectivity index (χ1n) is 6.61. The summed E-state index contributed by atoms with van der Waals surface area (Å²) in [6, 6.07) is 8.12. The van der Waals surface area contributed by atoms with E-state index in [0.29, 0.717) is 6.54 Å². The van der Waals surface area contributed by atoms with Crippen LogP contribution < -0.4 is 5.32 Å².